The number of aliphatic imine (C=N–C) groups is 1. The Bertz CT molecular complexity index is 501. The van der Waals surface area contributed by atoms with Crippen molar-refractivity contribution in [2.45, 2.75) is 6.54 Å². The van der Waals surface area contributed by atoms with Gasteiger partial charge in [-0.2, -0.15) is 0 Å². The van der Waals surface area contributed by atoms with Crippen LogP contribution < -0.4 is 0 Å². The molecule has 17 heavy (non-hydrogen) atoms. The van der Waals surface area contributed by atoms with Gasteiger partial charge >= 0.3 is 0 Å². The fraction of sp³-hybridized carbons (Fsp3) is 0.0714. The van der Waals surface area contributed by atoms with E-state index in [-0.39, 0.29) is 0 Å². The molecule has 0 N–H and O–H groups in total. The van der Waals surface area contributed by atoms with Gasteiger partial charge in [0.05, 0.1) is 6.54 Å². The lowest BCUT2D eigenvalue weighted by atomic mass is 10.2. The van der Waals surface area contributed by atoms with Crippen LogP contribution in [0.25, 0.3) is 0 Å². The van der Waals surface area contributed by atoms with Gasteiger partial charge in [-0.25, -0.2) is 8.78 Å². The van der Waals surface area contributed by atoms with Crippen LogP contribution in [-0.2, 0) is 6.54 Å². The largest absolute Gasteiger partial charge is 0.288 e. The molecule has 0 aliphatic rings. The van der Waals surface area contributed by atoms with Crippen LogP contribution in [0.4, 0.5) is 8.78 Å². The number of halogens is 2. The predicted octanol–water partition coefficient (Wildman–Crippen LogP) is 3.58. The lowest BCUT2D eigenvalue weighted by molar-refractivity contribution is 0.583. The number of hydrogen-bond acceptors (Lipinski definition) is 1. The van der Waals surface area contributed by atoms with Crippen LogP contribution in [0.1, 0.15) is 11.1 Å². The SMILES string of the molecule is Fc1cc(F)cc(C=NCc2ccccc2)c1. The molecule has 2 aromatic rings. The molecule has 0 aliphatic heterocycles. The zero-order valence-electron chi connectivity index (χ0n) is 9.11. The molecule has 1 nitrogen and oxygen atoms in total. The third kappa shape index (κ3) is 3.48. The molecule has 0 heterocycles. The Morgan fingerprint density at radius 3 is 2.24 bits per heavy atom. The highest BCUT2D eigenvalue weighted by Crippen LogP contribution is 2.06. The van der Waals surface area contributed by atoms with Crippen LogP contribution in [0.15, 0.2) is 53.5 Å². The first-order valence-corrected chi connectivity index (χ1v) is 5.24. The van der Waals surface area contributed by atoms with E-state index in [9.17, 15) is 8.78 Å². The number of nitrogens with zero attached hydrogens (tertiary/aromatic N) is 1. The van der Waals surface area contributed by atoms with Crippen molar-refractivity contribution in [3.05, 3.63) is 71.3 Å². The molecular formula is C14H11F2N. The maximum absolute atomic E-state index is 12.9. The Balaban J connectivity index is 2.06. The van der Waals surface area contributed by atoms with E-state index < -0.39 is 11.6 Å². The van der Waals surface area contributed by atoms with E-state index in [1.165, 1.54) is 18.3 Å². The summed E-state index contributed by atoms with van der Waals surface area (Å²) in [5, 5.41) is 0. The summed E-state index contributed by atoms with van der Waals surface area (Å²) in [5.41, 5.74) is 1.49. The van der Waals surface area contributed by atoms with Crippen molar-refractivity contribution in [1.29, 1.82) is 0 Å². The Morgan fingerprint density at radius 1 is 0.941 bits per heavy atom. The van der Waals surface area contributed by atoms with Crippen molar-refractivity contribution < 1.29 is 8.78 Å². The topological polar surface area (TPSA) is 12.4 Å². The molecule has 0 saturated carbocycles. The van der Waals surface area contributed by atoms with Crippen LogP contribution in [0.2, 0.25) is 0 Å². The first-order valence-electron chi connectivity index (χ1n) is 5.24. The molecule has 0 amide bonds. The highest BCUT2D eigenvalue weighted by atomic mass is 19.1. The predicted molar refractivity (Wildman–Crippen MR) is 64.1 cm³/mol. The van der Waals surface area contributed by atoms with Crippen molar-refractivity contribution in [2.24, 2.45) is 4.99 Å². The summed E-state index contributed by atoms with van der Waals surface area (Å²) in [4.78, 5) is 4.14. The van der Waals surface area contributed by atoms with Crippen LogP contribution in [0, 0.1) is 11.6 Å². The van der Waals surface area contributed by atoms with Gasteiger partial charge in [0.25, 0.3) is 0 Å². The lowest BCUT2D eigenvalue weighted by Crippen LogP contribution is -1.88. The molecule has 3 heteroatoms. The summed E-state index contributed by atoms with van der Waals surface area (Å²) in [6, 6.07) is 13.0. The molecule has 86 valence electrons. The van der Waals surface area contributed by atoms with Gasteiger partial charge in [-0.3, -0.25) is 4.99 Å². The van der Waals surface area contributed by atoms with E-state index >= 15 is 0 Å². The molecule has 0 unspecified atom stereocenters. The van der Waals surface area contributed by atoms with E-state index in [1.54, 1.807) is 0 Å². The maximum Gasteiger partial charge on any atom is 0.126 e. The number of rotatable bonds is 3. The van der Waals surface area contributed by atoms with Gasteiger partial charge < -0.3 is 0 Å². The first-order chi connectivity index (χ1) is 8.24. The standard InChI is InChI=1S/C14H11F2N/c15-13-6-12(7-14(16)8-13)10-17-9-11-4-2-1-3-5-11/h1-8,10H,9H2. The Kier molecular flexibility index (Phi) is 3.60. The van der Waals surface area contributed by atoms with Gasteiger partial charge in [0.15, 0.2) is 0 Å². The van der Waals surface area contributed by atoms with Gasteiger partial charge in [0.1, 0.15) is 11.6 Å². The van der Waals surface area contributed by atoms with Crippen molar-refractivity contribution in [2.75, 3.05) is 0 Å². The van der Waals surface area contributed by atoms with Gasteiger partial charge in [-0.05, 0) is 23.3 Å². The second-order valence-corrected chi connectivity index (χ2v) is 3.66. The monoisotopic (exact) mass is 231 g/mol. The average Bonchev–Trinajstić information content (AvgIpc) is 2.29. The van der Waals surface area contributed by atoms with Crippen LogP contribution in [-0.4, -0.2) is 6.21 Å². The van der Waals surface area contributed by atoms with E-state index in [2.05, 4.69) is 4.99 Å². The van der Waals surface area contributed by atoms with Crippen molar-refractivity contribution in [3.8, 4) is 0 Å². The molecule has 0 spiro atoms. The normalized spacial score (nSPS) is 10.9. The first kappa shape index (κ1) is 11.5. The average molecular weight is 231 g/mol. The molecule has 0 aliphatic carbocycles. The fourth-order valence-electron chi connectivity index (χ4n) is 1.49. The molecule has 0 bridgehead atoms. The van der Waals surface area contributed by atoms with Crippen LogP contribution in [0.5, 0.6) is 0 Å². The molecule has 2 rings (SSSR count). The molecule has 2 aromatic carbocycles. The van der Waals surface area contributed by atoms with Crippen molar-refractivity contribution in [1.82, 2.24) is 0 Å². The van der Waals surface area contributed by atoms with Gasteiger partial charge in [0, 0.05) is 12.3 Å². The van der Waals surface area contributed by atoms with E-state index in [4.69, 9.17) is 0 Å². The molecule has 0 saturated heterocycles. The fourth-order valence-corrected chi connectivity index (χ4v) is 1.49. The van der Waals surface area contributed by atoms with E-state index in [1.807, 2.05) is 30.3 Å². The van der Waals surface area contributed by atoms with Crippen LogP contribution >= 0.6 is 0 Å². The summed E-state index contributed by atoms with van der Waals surface area (Å²) in [6.07, 6.45) is 1.47. The highest BCUT2D eigenvalue weighted by Gasteiger charge is 1.97. The summed E-state index contributed by atoms with van der Waals surface area (Å²) in [7, 11) is 0. The van der Waals surface area contributed by atoms with E-state index in [0.29, 0.717) is 12.1 Å². The van der Waals surface area contributed by atoms with E-state index in [0.717, 1.165) is 11.6 Å². The maximum atomic E-state index is 12.9. The smallest absolute Gasteiger partial charge is 0.126 e. The minimum atomic E-state index is -0.592. The minimum absolute atomic E-state index is 0.429. The second kappa shape index (κ2) is 5.34. The zero-order valence-corrected chi connectivity index (χ0v) is 9.11. The summed E-state index contributed by atoms with van der Waals surface area (Å²) in [5.74, 6) is -1.18. The third-order valence-corrected chi connectivity index (χ3v) is 2.24. The Morgan fingerprint density at radius 2 is 1.59 bits per heavy atom. The quantitative estimate of drug-likeness (QED) is 0.716. The Hall–Kier alpha value is -2.03. The van der Waals surface area contributed by atoms with Crippen molar-refractivity contribution >= 4 is 6.21 Å². The molecule has 0 fully saturated rings. The number of hydrogen-bond donors (Lipinski definition) is 0. The number of benzene rings is 2. The highest BCUT2D eigenvalue weighted by molar-refractivity contribution is 5.79. The zero-order chi connectivity index (χ0) is 12.1. The second-order valence-electron chi connectivity index (χ2n) is 3.66. The molecule has 0 radical (unpaired) electrons. The third-order valence-electron chi connectivity index (χ3n) is 2.24. The van der Waals surface area contributed by atoms with Gasteiger partial charge in [-0.15, -0.1) is 0 Å². The summed E-state index contributed by atoms with van der Waals surface area (Å²) in [6.45, 7) is 0.499. The van der Waals surface area contributed by atoms with Gasteiger partial charge in [0.2, 0.25) is 0 Å². The molecular weight excluding hydrogens is 220 g/mol. The van der Waals surface area contributed by atoms with Crippen molar-refractivity contribution in [3.63, 3.8) is 0 Å². The van der Waals surface area contributed by atoms with Crippen LogP contribution in [0.3, 0.4) is 0 Å². The minimum Gasteiger partial charge on any atom is -0.288 e. The lowest BCUT2D eigenvalue weighted by Gasteiger charge is -1.96. The molecule has 0 atom stereocenters. The molecule has 0 aromatic heterocycles. The summed E-state index contributed by atoms with van der Waals surface area (Å²) >= 11 is 0. The Labute approximate surface area is 98.4 Å². The van der Waals surface area contributed by atoms with Gasteiger partial charge in [-0.1, -0.05) is 30.3 Å². The summed E-state index contributed by atoms with van der Waals surface area (Å²) < 4.78 is 25.8.